The van der Waals surface area contributed by atoms with Gasteiger partial charge in [-0.2, -0.15) is 0 Å². The van der Waals surface area contributed by atoms with Crippen LogP contribution in [0.15, 0.2) is 84.9 Å². The van der Waals surface area contributed by atoms with E-state index in [1.807, 2.05) is 100 Å². The highest BCUT2D eigenvalue weighted by molar-refractivity contribution is 6.09. The number of rotatable bonds is 4. The predicted octanol–water partition coefficient (Wildman–Crippen LogP) is 7.20. The van der Waals surface area contributed by atoms with E-state index in [4.69, 9.17) is 9.47 Å². The van der Waals surface area contributed by atoms with E-state index in [2.05, 4.69) is 0 Å². The summed E-state index contributed by atoms with van der Waals surface area (Å²) in [4.78, 5) is 54.1. The number of ether oxygens (including phenoxy) is 2. The highest BCUT2D eigenvalue weighted by Gasteiger charge is 2.52. The first-order valence-electron chi connectivity index (χ1n) is 15.7. The second-order valence-electron chi connectivity index (χ2n) is 13.5. The number of cyclic esters (lactones) is 2. The van der Waals surface area contributed by atoms with Crippen molar-refractivity contribution in [3.63, 3.8) is 0 Å². The summed E-state index contributed by atoms with van der Waals surface area (Å²) < 4.78 is 10.9. The zero-order valence-corrected chi connectivity index (χ0v) is 27.7. The van der Waals surface area contributed by atoms with Crippen LogP contribution in [0.2, 0.25) is 0 Å². The lowest BCUT2D eigenvalue weighted by Crippen LogP contribution is -2.50. The highest BCUT2D eigenvalue weighted by atomic mass is 16.6. The van der Waals surface area contributed by atoms with Gasteiger partial charge in [0.15, 0.2) is 11.4 Å². The average Bonchev–Trinajstić information content (AvgIpc) is 3.41. The fourth-order valence-corrected chi connectivity index (χ4v) is 6.56. The molecule has 2 fully saturated rings. The van der Waals surface area contributed by atoms with Gasteiger partial charge in [-0.1, -0.05) is 100 Å². The summed E-state index contributed by atoms with van der Waals surface area (Å²) in [5.74, 6) is -1.03. The van der Waals surface area contributed by atoms with Crippen molar-refractivity contribution < 1.29 is 28.7 Å². The number of esters is 2. The molecule has 0 aliphatic carbocycles. The maximum atomic E-state index is 13.2. The van der Waals surface area contributed by atoms with Crippen LogP contribution in [0.3, 0.4) is 0 Å². The summed E-state index contributed by atoms with van der Waals surface area (Å²) in [5.41, 5.74) is -0.694. The second kappa shape index (κ2) is 12.2. The molecule has 0 saturated carbocycles. The molecular formula is C38H42N2O6. The lowest BCUT2D eigenvalue weighted by Gasteiger charge is -2.33. The molecule has 0 spiro atoms. The third-order valence-corrected chi connectivity index (χ3v) is 8.64. The van der Waals surface area contributed by atoms with Crippen molar-refractivity contribution in [2.24, 2.45) is 11.8 Å². The number of benzene rings is 4. The van der Waals surface area contributed by atoms with Crippen LogP contribution in [0.1, 0.15) is 76.1 Å². The van der Waals surface area contributed by atoms with Gasteiger partial charge in [0.05, 0.1) is 0 Å². The van der Waals surface area contributed by atoms with E-state index in [1.54, 1.807) is 49.6 Å². The molecule has 8 nitrogen and oxygen atoms in total. The Morgan fingerprint density at radius 2 is 0.891 bits per heavy atom. The van der Waals surface area contributed by atoms with Gasteiger partial charge in [-0.15, -0.1) is 0 Å². The Labute approximate surface area is 270 Å². The van der Waals surface area contributed by atoms with E-state index < -0.39 is 23.5 Å². The van der Waals surface area contributed by atoms with Crippen LogP contribution < -0.4 is 0 Å². The Balaban J connectivity index is 0.000000181. The van der Waals surface area contributed by atoms with E-state index in [9.17, 15) is 19.2 Å². The maximum Gasteiger partial charge on any atom is 0.331 e. The zero-order chi connectivity index (χ0) is 33.6. The SMILES string of the molecule is CC(C)[C@H]1C(=O)OC(C)(C)N1C(=O)c1cccc2ccccc12.CC(C)[C@H]1C(=O)OC(C)(C)N1C(=O)c1cccc2ccccc12. The summed E-state index contributed by atoms with van der Waals surface area (Å²) in [6.07, 6.45) is 0. The molecule has 2 atom stereocenters. The highest BCUT2D eigenvalue weighted by Crippen LogP contribution is 2.36. The average molecular weight is 623 g/mol. The van der Waals surface area contributed by atoms with Gasteiger partial charge in [0.1, 0.15) is 12.1 Å². The number of carbonyl (C=O) groups excluding carboxylic acids is 4. The number of hydrogen-bond donors (Lipinski definition) is 0. The molecule has 8 heteroatoms. The number of nitrogens with zero attached hydrogens (tertiary/aromatic N) is 2. The zero-order valence-electron chi connectivity index (χ0n) is 27.7. The normalized spacial score (nSPS) is 20.1. The molecule has 0 unspecified atom stereocenters. The summed E-state index contributed by atoms with van der Waals surface area (Å²) in [6, 6.07) is 25.7. The molecule has 0 bridgehead atoms. The molecule has 0 N–H and O–H groups in total. The van der Waals surface area contributed by atoms with Gasteiger partial charge < -0.3 is 9.47 Å². The Morgan fingerprint density at radius 1 is 0.565 bits per heavy atom. The Kier molecular flexibility index (Phi) is 8.69. The molecule has 0 aromatic heterocycles. The minimum atomic E-state index is -0.944. The van der Waals surface area contributed by atoms with E-state index in [0.717, 1.165) is 21.5 Å². The summed E-state index contributed by atoms with van der Waals surface area (Å²) in [7, 11) is 0. The Morgan fingerprint density at radius 3 is 1.24 bits per heavy atom. The molecule has 2 saturated heterocycles. The van der Waals surface area contributed by atoms with E-state index in [0.29, 0.717) is 11.1 Å². The lowest BCUT2D eigenvalue weighted by atomic mass is 9.98. The van der Waals surface area contributed by atoms with Crippen LogP contribution in [0.25, 0.3) is 21.5 Å². The van der Waals surface area contributed by atoms with Crippen molar-refractivity contribution in [3.05, 3.63) is 96.1 Å². The molecular weight excluding hydrogens is 580 g/mol. The third-order valence-electron chi connectivity index (χ3n) is 8.64. The maximum absolute atomic E-state index is 13.2. The minimum Gasteiger partial charge on any atom is -0.438 e. The van der Waals surface area contributed by atoms with Gasteiger partial charge in [-0.3, -0.25) is 19.4 Å². The molecule has 2 heterocycles. The van der Waals surface area contributed by atoms with Crippen molar-refractivity contribution in [3.8, 4) is 0 Å². The van der Waals surface area contributed by atoms with Crippen LogP contribution in [-0.4, -0.2) is 57.1 Å². The fourth-order valence-electron chi connectivity index (χ4n) is 6.56. The van der Waals surface area contributed by atoms with Crippen LogP contribution in [0.4, 0.5) is 0 Å². The first-order chi connectivity index (χ1) is 21.7. The van der Waals surface area contributed by atoms with Crippen molar-refractivity contribution in [2.45, 2.75) is 78.9 Å². The van der Waals surface area contributed by atoms with Gasteiger partial charge in [-0.05, 0) is 73.2 Å². The monoisotopic (exact) mass is 622 g/mol. The Hall–Kier alpha value is -4.72. The van der Waals surface area contributed by atoms with E-state index in [-0.39, 0.29) is 35.6 Å². The smallest absolute Gasteiger partial charge is 0.331 e. The van der Waals surface area contributed by atoms with Gasteiger partial charge in [0, 0.05) is 11.1 Å². The standard InChI is InChI=1S/2C19H21NO3/c2*1-12(2)16-18(22)23-19(3,4)20(16)17(21)15-11-7-9-13-8-5-6-10-14(13)15/h2*5-12,16H,1-4H3/t2*16-/m00/s1. The van der Waals surface area contributed by atoms with E-state index in [1.165, 1.54) is 0 Å². The predicted molar refractivity (Wildman–Crippen MR) is 178 cm³/mol. The van der Waals surface area contributed by atoms with Crippen LogP contribution in [0, 0.1) is 11.8 Å². The van der Waals surface area contributed by atoms with Gasteiger partial charge in [0.2, 0.25) is 0 Å². The Bertz CT molecular complexity index is 1680. The molecule has 46 heavy (non-hydrogen) atoms. The molecule has 0 radical (unpaired) electrons. The third kappa shape index (κ3) is 5.84. The quantitative estimate of drug-likeness (QED) is 0.224. The molecule has 2 aliphatic heterocycles. The van der Waals surface area contributed by atoms with Crippen LogP contribution in [0.5, 0.6) is 0 Å². The first-order valence-corrected chi connectivity index (χ1v) is 15.7. The molecule has 2 aliphatic rings. The number of hydrogen-bond acceptors (Lipinski definition) is 6. The summed E-state index contributed by atoms with van der Waals surface area (Å²) >= 11 is 0. The summed E-state index contributed by atoms with van der Waals surface area (Å²) in [6.45, 7) is 14.8. The fraction of sp³-hybridized carbons (Fsp3) is 0.368. The van der Waals surface area contributed by atoms with Crippen molar-refractivity contribution >= 4 is 45.3 Å². The van der Waals surface area contributed by atoms with Crippen molar-refractivity contribution in [1.29, 1.82) is 0 Å². The van der Waals surface area contributed by atoms with E-state index >= 15 is 0 Å². The number of amides is 2. The van der Waals surface area contributed by atoms with Crippen molar-refractivity contribution in [1.82, 2.24) is 9.80 Å². The second-order valence-corrected chi connectivity index (χ2v) is 13.5. The molecule has 4 aromatic rings. The van der Waals surface area contributed by atoms with Gasteiger partial charge in [-0.25, -0.2) is 9.59 Å². The number of carbonyl (C=O) groups is 4. The topological polar surface area (TPSA) is 93.2 Å². The van der Waals surface area contributed by atoms with Crippen molar-refractivity contribution in [2.75, 3.05) is 0 Å². The van der Waals surface area contributed by atoms with Gasteiger partial charge in [0.25, 0.3) is 11.8 Å². The lowest BCUT2D eigenvalue weighted by molar-refractivity contribution is -0.150. The minimum absolute atomic E-state index is 0.0109. The van der Waals surface area contributed by atoms with Crippen LogP contribution in [-0.2, 0) is 19.1 Å². The number of fused-ring (bicyclic) bond motifs is 2. The molecule has 4 aromatic carbocycles. The first kappa shape index (κ1) is 32.7. The molecule has 6 rings (SSSR count). The largest absolute Gasteiger partial charge is 0.438 e. The van der Waals surface area contributed by atoms with Gasteiger partial charge >= 0.3 is 11.9 Å². The molecule has 2 amide bonds. The molecule has 240 valence electrons. The van der Waals surface area contributed by atoms with Crippen LogP contribution >= 0.6 is 0 Å². The summed E-state index contributed by atoms with van der Waals surface area (Å²) in [5, 5.41) is 3.78.